The minimum absolute atomic E-state index is 0.285. The van der Waals surface area contributed by atoms with Crippen LogP contribution in [0.3, 0.4) is 0 Å². The monoisotopic (exact) mass is 157 g/mol. The van der Waals surface area contributed by atoms with Crippen LogP contribution in [0.2, 0.25) is 0 Å². The molecule has 3 nitrogen and oxygen atoms in total. The highest BCUT2D eigenvalue weighted by atomic mass is 15.2. The molecule has 1 rings (SSSR count). The Bertz CT molecular complexity index is 108. The molecule has 3 heteroatoms. The van der Waals surface area contributed by atoms with Crippen LogP contribution < -0.4 is 11.1 Å². The Balaban J connectivity index is 2.32. The van der Waals surface area contributed by atoms with Crippen molar-refractivity contribution >= 4 is 0 Å². The summed E-state index contributed by atoms with van der Waals surface area (Å²) in [5.41, 5.74) is 5.80. The van der Waals surface area contributed by atoms with Gasteiger partial charge in [-0.05, 0) is 13.8 Å². The van der Waals surface area contributed by atoms with Crippen LogP contribution in [0.1, 0.15) is 13.8 Å². The van der Waals surface area contributed by atoms with E-state index >= 15 is 0 Å². The third-order valence-electron chi connectivity index (χ3n) is 2.49. The second-order valence-electron chi connectivity index (χ2n) is 3.39. The van der Waals surface area contributed by atoms with Gasteiger partial charge in [-0.25, -0.2) is 0 Å². The number of nitrogens with one attached hydrogen (secondary N) is 1. The molecule has 1 fully saturated rings. The fourth-order valence-electron chi connectivity index (χ4n) is 1.42. The van der Waals surface area contributed by atoms with E-state index in [1.165, 1.54) is 0 Å². The van der Waals surface area contributed by atoms with Gasteiger partial charge in [0.15, 0.2) is 0 Å². The van der Waals surface area contributed by atoms with E-state index in [0.717, 1.165) is 26.2 Å². The van der Waals surface area contributed by atoms with Gasteiger partial charge in [0.25, 0.3) is 0 Å². The van der Waals surface area contributed by atoms with Gasteiger partial charge in [0.1, 0.15) is 0 Å². The summed E-state index contributed by atoms with van der Waals surface area (Å²) in [5, 5.41) is 3.33. The molecule has 1 heterocycles. The SMILES string of the molecule is CC(N)C(C)N1CCNCC1. The Kier molecular flexibility index (Phi) is 3.30. The number of nitrogens with two attached hydrogens (primary N) is 1. The Morgan fingerprint density at radius 1 is 1.27 bits per heavy atom. The first-order chi connectivity index (χ1) is 5.22. The van der Waals surface area contributed by atoms with Crippen LogP contribution in [0, 0.1) is 0 Å². The van der Waals surface area contributed by atoms with Crippen LogP contribution in [-0.4, -0.2) is 43.2 Å². The van der Waals surface area contributed by atoms with Gasteiger partial charge in [0, 0.05) is 38.3 Å². The molecule has 0 aromatic heterocycles. The molecule has 0 aromatic carbocycles. The van der Waals surface area contributed by atoms with E-state index in [4.69, 9.17) is 5.73 Å². The van der Waals surface area contributed by atoms with Crippen molar-refractivity contribution in [3.8, 4) is 0 Å². The molecule has 66 valence electrons. The molecule has 1 saturated heterocycles. The predicted molar refractivity (Wildman–Crippen MR) is 47.6 cm³/mol. The lowest BCUT2D eigenvalue weighted by Gasteiger charge is -2.34. The molecule has 0 aromatic rings. The Labute approximate surface area is 68.9 Å². The van der Waals surface area contributed by atoms with Gasteiger partial charge in [0.05, 0.1) is 0 Å². The van der Waals surface area contributed by atoms with E-state index < -0.39 is 0 Å². The van der Waals surface area contributed by atoms with Crippen molar-refractivity contribution in [3.05, 3.63) is 0 Å². The van der Waals surface area contributed by atoms with Gasteiger partial charge < -0.3 is 11.1 Å². The molecule has 3 N–H and O–H groups in total. The maximum Gasteiger partial charge on any atom is 0.0217 e. The molecule has 0 amide bonds. The summed E-state index contributed by atoms with van der Waals surface area (Å²) in [6.45, 7) is 8.78. The maximum absolute atomic E-state index is 5.80. The van der Waals surface area contributed by atoms with E-state index in [1.807, 2.05) is 0 Å². The average molecular weight is 157 g/mol. The van der Waals surface area contributed by atoms with Crippen molar-refractivity contribution in [1.29, 1.82) is 0 Å². The minimum atomic E-state index is 0.285. The zero-order valence-corrected chi connectivity index (χ0v) is 7.51. The molecule has 1 aliphatic heterocycles. The first kappa shape index (κ1) is 8.97. The first-order valence-corrected chi connectivity index (χ1v) is 4.42. The molecule has 1 aliphatic rings. The highest BCUT2D eigenvalue weighted by Crippen LogP contribution is 2.02. The largest absolute Gasteiger partial charge is 0.327 e. The summed E-state index contributed by atoms with van der Waals surface area (Å²) in [4.78, 5) is 2.45. The van der Waals surface area contributed by atoms with Crippen LogP contribution in [0.15, 0.2) is 0 Å². The lowest BCUT2D eigenvalue weighted by atomic mass is 10.1. The van der Waals surface area contributed by atoms with Gasteiger partial charge in [-0.3, -0.25) is 4.90 Å². The lowest BCUT2D eigenvalue weighted by molar-refractivity contribution is 0.167. The number of piperazine rings is 1. The Morgan fingerprint density at radius 2 is 1.82 bits per heavy atom. The smallest absolute Gasteiger partial charge is 0.0217 e. The fourth-order valence-corrected chi connectivity index (χ4v) is 1.42. The Hall–Kier alpha value is -0.120. The number of hydrogen-bond donors (Lipinski definition) is 2. The second-order valence-corrected chi connectivity index (χ2v) is 3.39. The van der Waals surface area contributed by atoms with Crippen molar-refractivity contribution < 1.29 is 0 Å². The van der Waals surface area contributed by atoms with E-state index in [-0.39, 0.29) is 6.04 Å². The van der Waals surface area contributed by atoms with Crippen molar-refractivity contribution in [2.75, 3.05) is 26.2 Å². The van der Waals surface area contributed by atoms with Gasteiger partial charge >= 0.3 is 0 Å². The highest BCUT2D eigenvalue weighted by Gasteiger charge is 2.18. The fraction of sp³-hybridized carbons (Fsp3) is 1.00. The number of hydrogen-bond acceptors (Lipinski definition) is 3. The van der Waals surface area contributed by atoms with E-state index in [9.17, 15) is 0 Å². The average Bonchev–Trinajstić information content (AvgIpc) is 2.05. The number of rotatable bonds is 2. The third-order valence-corrected chi connectivity index (χ3v) is 2.49. The van der Waals surface area contributed by atoms with Crippen molar-refractivity contribution in [2.45, 2.75) is 25.9 Å². The van der Waals surface area contributed by atoms with Crippen LogP contribution in [0.5, 0.6) is 0 Å². The molecule has 11 heavy (non-hydrogen) atoms. The summed E-state index contributed by atoms with van der Waals surface area (Å²) < 4.78 is 0. The molecule has 2 unspecified atom stereocenters. The quantitative estimate of drug-likeness (QED) is 0.574. The standard InChI is InChI=1S/C8H19N3/c1-7(9)8(2)11-5-3-10-4-6-11/h7-8,10H,3-6,9H2,1-2H3. The number of nitrogens with zero attached hydrogens (tertiary/aromatic N) is 1. The molecular formula is C8H19N3. The summed E-state index contributed by atoms with van der Waals surface area (Å²) in [6.07, 6.45) is 0. The minimum Gasteiger partial charge on any atom is -0.327 e. The molecule has 0 spiro atoms. The lowest BCUT2D eigenvalue weighted by Crippen LogP contribution is -2.52. The van der Waals surface area contributed by atoms with Crippen LogP contribution in [0.4, 0.5) is 0 Å². The second kappa shape index (κ2) is 4.04. The van der Waals surface area contributed by atoms with Gasteiger partial charge in [-0.15, -0.1) is 0 Å². The van der Waals surface area contributed by atoms with Crippen molar-refractivity contribution in [1.82, 2.24) is 10.2 Å². The predicted octanol–water partition coefficient (Wildman–Crippen LogP) is -0.373. The van der Waals surface area contributed by atoms with Gasteiger partial charge in [0.2, 0.25) is 0 Å². The van der Waals surface area contributed by atoms with Crippen molar-refractivity contribution in [3.63, 3.8) is 0 Å². The summed E-state index contributed by atoms with van der Waals surface area (Å²) in [5.74, 6) is 0. The Morgan fingerprint density at radius 3 is 2.27 bits per heavy atom. The summed E-state index contributed by atoms with van der Waals surface area (Å²) in [7, 11) is 0. The molecule has 0 aliphatic carbocycles. The molecular weight excluding hydrogens is 138 g/mol. The normalized spacial score (nSPS) is 26.5. The zero-order valence-electron chi connectivity index (χ0n) is 7.51. The van der Waals surface area contributed by atoms with Crippen LogP contribution in [-0.2, 0) is 0 Å². The van der Waals surface area contributed by atoms with Crippen LogP contribution in [0.25, 0.3) is 0 Å². The molecule has 0 saturated carbocycles. The molecule has 0 radical (unpaired) electrons. The zero-order chi connectivity index (χ0) is 8.27. The van der Waals surface area contributed by atoms with E-state index in [0.29, 0.717) is 6.04 Å². The summed E-state index contributed by atoms with van der Waals surface area (Å²) in [6, 6.07) is 0.810. The van der Waals surface area contributed by atoms with Crippen molar-refractivity contribution in [2.24, 2.45) is 5.73 Å². The van der Waals surface area contributed by atoms with Gasteiger partial charge in [-0.2, -0.15) is 0 Å². The van der Waals surface area contributed by atoms with E-state index in [2.05, 4.69) is 24.1 Å². The maximum atomic E-state index is 5.80. The van der Waals surface area contributed by atoms with Gasteiger partial charge in [-0.1, -0.05) is 0 Å². The summed E-state index contributed by atoms with van der Waals surface area (Å²) >= 11 is 0. The third kappa shape index (κ3) is 2.43. The molecule has 2 atom stereocenters. The molecule has 0 bridgehead atoms. The van der Waals surface area contributed by atoms with Crippen LogP contribution >= 0.6 is 0 Å². The highest BCUT2D eigenvalue weighted by molar-refractivity contribution is 4.78. The first-order valence-electron chi connectivity index (χ1n) is 4.42. The topological polar surface area (TPSA) is 41.3 Å². The van der Waals surface area contributed by atoms with E-state index in [1.54, 1.807) is 0 Å².